The van der Waals surface area contributed by atoms with Gasteiger partial charge in [-0.1, -0.05) is 29.5 Å². The van der Waals surface area contributed by atoms with Crippen LogP contribution in [0.4, 0.5) is 11.4 Å². The number of amides is 2. The number of rotatable bonds is 8. The molecule has 11 heteroatoms. The van der Waals surface area contributed by atoms with Gasteiger partial charge in [0.25, 0.3) is 15.9 Å². The number of fused-ring (bicyclic) bond motifs is 1. The van der Waals surface area contributed by atoms with Gasteiger partial charge in [0.2, 0.25) is 5.91 Å². The normalized spacial score (nSPS) is 12.0. The summed E-state index contributed by atoms with van der Waals surface area (Å²) in [5.41, 5.74) is 2.16. The second kappa shape index (κ2) is 10.9. The lowest BCUT2D eigenvalue weighted by Crippen LogP contribution is -2.19. The van der Waals surface area contributed by atoms with Crippen molar-refractivity contribution in [1.82, 2.24) is 4.57 Å². The second-order valence-electron chi connectivity index (χ2n) is 7.81. The van der Waals surface area contributed by atoms with Crippen molar-refractivity contribution in [2.45, 2.75) is 18.4 Å². The quantitative estimate of drug-likeness (QED) is 0.363. The van der Waals surface area contributed by atoms with E-state index in [-0.39, 0.29) is 10.8 Å². The molecule has 1 heterocycles. The molecular weight excluding hydrogens is 500 g/mol. The van der Waals surface area contributed by atoms with Crippen LogP contribution in [0.2, 0.25) is 0 Å². The number of aromatic nitrogens is 1. The van der Waals surface area contributed by atoms with E-state index in [4.69, 9.17) is 4.74 Å². The van der Waals surface area contributed by atoms with Gasteiger partial charge >= 0.3 is 0 Å². The average molecular weight is 525 g/mol. The Morgan fingerprint density at radius 2 is 1.69 bits per heavy atom. The minimum absolute atomic E-state index is 0.146. The third-order valence-electron chi connectivity index (χ3n) is 5.16. The van der Waals surface area contributed by atoms with Gasteiger partial charge in [-0.3, -0.25) is 14.3 Å². The van der Waals surface area contributed by atoms with E-state index in [9.17, 15) is 18.0 Å². The Morgan fingerprint density at radius 1 is 1.00 bits per heavy atom. The molecule has 9 nitrogen and oxygen atoms in total. The molecular formula is C25H24N4O5S2. The smallest absolute Gasteiger partial charge is 0.279 e. The Hall–Kier alpha value is -3.80. The molecule has 0 aliphatic heterocycles. The van der Waals surface area contributed by atoms with Crippen LogP contribution in [0.1, 0.15) is 17.3 Å². The number of carbonyl (C=O) groups is 2. The number of anilines is 2. The Balaban J connectivity index is 1.62. The summed E-state index contributed by atoms with van der Waals surface area (Å²) < 4.78 is 35.5. The minimum Gasteiger partial charge on any atom is -0.383 e. The molecule has 186 valence electrons. The Kier molecular flexibility index (Phi) is 7.63. The summed E-state index contributed by atoms with van der Waals surface area (Å²) >= 11 is 1.32. The first kappa shape index (κ1) is 25.3. The molecule has 0 bridgehead atoms. The highest BCUT2D eigenvalue weighted by Gasteiger charge is 2.14. The molecule has 0 unspecified atom stereocenters. The molecule has 4 rings (SSSR count). The van der Waals surface area contributed by atoms with Crippen LogP contribution >= 0.6 is 11.3 Å². The summed E-state index contributed by atoms with van der Waals surface area (Å²) in [6, 6.07) is 19.6. The van der Waals surface area contributed by atoms with Gasteiger partial charge in [0.1, 0.15) is 0 Å². The van der Waals surface area contributed by atoms with Crippen LogP contribution in [-0.2, 0) is 26.1 Å². The number of nitrogens with one attached hydrogen (secondary N) is 2. The maximum Gasteiger partial charge on any atom is 0.279 e. The molecule has 0 atom stereocenters. The third-order valence-corrected chi connectivity index (χ3v) is 7.60. The van der Waals surface area contributed by atoms with Crippen LogP contribution in [-0.4, -0.2) is 38.5 Å². The number of carbonyl (C=O) groups excluding carboxylic acids is 2. The first-order valence-corrected chi connectivity index (χ1v) is 13.2. The number of hydrogen-bond donors (Lipinski definition) is 2. The minimum atomic E-state index is -3.73. The fraction of sp³-hybridized carbons (Fsp3) is 0.160. The lowest BCUT2D eigenvalue weighted by molar-refractivity contribution is -0.114. The number of thiazole rings is 1. The van der Waals surface area contributed by atoms with Crippen LogP contribution < -0.4 is 14.8 Å². The van der Waals surface area contributed by atoms with E-state index in [0.29, 0.717) is 34.9 Å². The van der Waals surface area contributed by atoms with Gasteiger partial charge in [-0.25, -0.2) is 8.42 Å². The van der Waals surface area contributed by atoms with E-state index in [1.807, 2.05) is 16.7 Å². The lowest BCUT2D eigenvalue weighted by atomic mass is 10.2. The molecule has 4 aromatic rings. The SMILES string of the molecule is COCCn1c(=NC(=O)c2ccc(NS(=O)(=O)c3ccccc3)cc2)sc2cc(NC(C)=O)ccc21. The number of ether oxygens (including phenoxy) is 1. The maximum atomic E-state index is 12.9. The molecule has 0 radical (unpaired) electrons. The number of methoxy groups -OCH3 is 1. The van der Waals surface area contributed by atoms with Gasteiger partial charge in [-0.15, -0.1) is 0 Å². The van der Waals surface area contributed by atoms with Crippen molar-refractivity contribution in [3.8, 4) is 0 Å². The Bertz CT molecular complexity index is 1570. The molecule has 0 aliphatic rings. The van der Waals surface area contributed by atoms with Crippen molar-refractivity contribution in [3.63, 3.8) is 0 Å². The van der Waals surface area contributed by atoms with Gasteiger partial charge in [0.15, 0.2) is 4.80 Å². The topological polar surface area (TPSA) is 119 Å². The zero-order chi connectivity index (χ0) is 25.7. The van der Waals surface area contributed by atoms with Gasteiger partial charge < -0.3 is 14.6 Å². The third kappa shape index (κ3) is 5.88. The van der Waals surface area contributed by atoms with Crippen LogP contribution in [0.25, 0.3) is 10.2 Å². The predicted molar refractivity (Wildman–Crippen MR) is 140 cm³/mol. The van der Waals surface area contributed by atoms with Crippen LogP contribution in [0, 0.1) is 0 Å². The largest absolute Gasteiger partial charge is 0.383 e. The van der Waals surface area contributed by atoms with E-state index in [2.05, 4.69) is 15.0 Å². The lowest BCUT2D eigenvalue weighted by Gasteiger charge is -2.08. The van der Waals surface area contributed by atoms with Gasteiger partial charge in [0.05, 0.1) is 21.7 Å². The van der Waals surface area contributed by atoms with Gasteiger partial charge in [-0.2, -0.15) is 4.99 Å². The van der Waals surface area contributed by atoms with Gasteiger partial charge in [-0.05, 0) is 54.6 Å². The fourth-order valence-corrected chi connectivity index (χ4v) is 5.66. The van der Waals surface area contributed by atoms with Crippen molar-refractivity contribution in [2.75, 3.05) is 23.8 Å². The monoisotopic (exact) mass is 524 g/mol. The van der Waals surface area contributed by atoms with E-state index >= 15 is 0 Å². The zero-order valence-corrected chi connectivity index (χ0v) is 21.2. The second-order valence-corrected chi connectivity index (χ2v) is 10.5. The van der Waals surface area contributed by atoms with Crippen LogP contribution in [0.15, 0.2) is 82.7 Å². The number of benzene rings is 3. The van der Waals surface area contributed by atoms with Crippen LogP contribution in [0.3, 0.4) is 0 Å². The Morgan fingerprint density at radius 3 is 2.36 bits per heavy atom. The predicted octanol–water partition coefficient (Wildman–Crippen LogP) is 3.85. The molecule has 36 heavy (non-hydrogen) atoms. The fourth-order valence-electron chi connectivity index (χ4n) is 3.48. The summed E-state index contributed by atoms with van der Waals surface area (Å²) in [6.07, 6.45) is 0. The first-order valence-electron chi connectivity index (χ1n) is 10.9. The van der Waals surface area contributed by atoms with Crippen molar-refractivity contribution < 1.29 is 22.7 Å². The summed E-state index contributed by atoms with van der Waals surface area (Å²) in [4.78, 5) is 29.3. The molecule has 0 saturated carbocycles. The first-order chi connectivity index (χ1) is 17.3. The van der Waals surface area contributed by atoms with E-state index < -0.39 is 15.9 Å². The van der Waals surface area contributed by atoms with E-state index in [0.717, 1.165) is 10.2 Å². The summed E-state index contributed by atoms with van der Waals surface area (Å²) in [6.45, 7) is 2.36. The highest BCUT2D eigenvalue weighted by atomic mass is 32.2. The number of hydrogen-bond acceptors (Lipinski definition) is 6. The molecule has 0 aliphatic carbocycles. The standard InChI is InChI=1S/C25H24N4O5S2/c1-17(30)26-20-12-13-22-23(16-20)35-25(29(22)14-15-34-2)27-24(31)18-8-10-19(11-9-18)28-36(32,33)21-6-4-3-5-7-21/h3-13,16,28H,14-15H2,1-2H3,(H,26,30). The molecule has 2 N–H and O–H groups in total. The molecule has 2 amide bonds. The zero-order valence-electron chi connectivity index (χ0n) is 19.6. The van der Waals surface area contributed by atoms with Crippen molar-refractivity contribution in [3.05, 3.63) is 83.2 Å². The summed E-state index contributed by atoms with van der Waals surface area (Å²) in [5, 5.41) is 2.75. The molecule has 0 saturated heterocycles. The Labute approximate surface area is 212 Å². The van der Waals surface area contributed by atoms with Crippen molar-refractivity contribution in [2.24, 2.45) is 4.99 Å². The van der Waals surface area contributed by atoms with Crippen LogP contribution in [0.5, 0.6) is 0 Å². The van der Waals surface area contributed by atoms with Gasteiger partial charge in [0, 0.05) is 37.5 Å². The highest BCUT2D eigenvalue weighted by Crippen LogP contribution is 2.22. The highest BCUT2D eigenvalue weighted by molar-refractivity contribution is 7.92. The molecule has 0 fully saturated rings. The van der Waals surface area contributed by atoms with E-state index in [1.165, 1.54) is 54.7 Å². The number of sulfonamides is 1. The average Bonchev–Trinajstić information content (AvgIpc) is 3.19. The summed E-state index contributed by atoms with van der Waals surface area (Å²) in [5.74, 6) is -0.639. The summed E-state index contributed by atoms with van der Waals surface area (Å²) in [7, 11) is -2.14. The van der Waals surface area contributed by atoms with Crippen molar-refractivity contribution >= 4 is 54.8 Å². The molecule has 3 aromatic carbocycles. The maximum absolute atomic E-state index is 12.9. The number of nitrogens with zero attached hydrogens (tertiary/aromatic N) is 2. The van der Waals surface area contributed by atoms with E-state index in [1.54, 1.807) is 31.4 Å². The molecule has 1 aromatic heterocycles. The molecule has 0 spiro atoms. The van der Waals surface area contributed by atoms with Crippen molar-refractivity contribution in [1.29, 1.82) is 0 Å².